The van der Waals surface area contributed by atoms with Crippen molar-refractivity contribution in [1.82, 2.24) is 0 Å². The van der Waals surface area contributed by atoms with Gasteiger partial charge in [-0.15, -0.1) is 7.05 Å². The fourth-order valence-electron chi connectivity index (χ4n) is 4.28. The predicted octanol–water partition coefficient (Wildman–Crippen LogP) is 5.06. The molecule has 2 fully saturated rings. The van der Waals surface area contributed by atoms with E-state index in [9.17, 15) is 0 Å². The summed E-state index contributed by atoms with van der Waals surface area (Å²) in [6.45, 7) is 11.2. The van der Waals surface area contributed by atoms with Gasteiger partial charge in [0.15, 0.2) is 0 Å². The lowest BCUT2D eigenvalue weighted by molar-refractivity contribution is 0.185. The molecular weight excluding hydrogens is 206 g/mol. The third-order valence-corrected chi connectivity index (χ3v) is 4.97. The summed E-state index contributed by atoms with van der Waals surface area (Å²) in [6, 6.07) is 0. The van der Waals surface area contributed by atoms with E-state index in [1.165, 1.54) is 48.9 Å². The standard InChI is InChI=1S/C16H26N/c1-11(2)15(17-5)13-8-10-16(4)9-6-7-12(3)14(13)16/h13-14H,3,6-10H2,1-2,4-5H3/q-1/t13-,14+,16-/m1/s1. The van der Waals surface area contributed by atoms with E-state index in [0.717, 1.165) is 0 Å². The van der Waals surface area contributed by atoms with Crippen molar-refractivity contribution in [3.8, 4) is 0 Å². The highest BCUT2D eigenvalue weighted by Crippen LogP contribution is 2.58. The number of rotatable bonds is 2. The minimum atomic E-state index is 0.505. The van der Waals surface area contributed by atoms with Crippen molar-refractivity contribution >= 4 is 0 Å². The van der Waals surface area contributed by atoms with E-state index in [1.807, 2.05) is 7.05 Å². The molecule has 0 saturated heterocycles. The van der Waals surface area contributed by atoms with Crippen molar-refractivity contribution in [2.24, 2.45) is 17.3 Å². The largest absolute Gasteiger partial charge is 0.690 e. The number of hydrogen-bond donors (Lipinski definition) is 0. The molecule has 2 aliphatic carbocycles. The zero-order chi connectivity index (χ0) is 12.6. The number of fused-ring (bicyclic) bond motifs is 1. The highest BCUT2D eigenvalue weighted by molar-refractivity contribution is 5.31. The molecule has 17 heavy (non-hydrogen) atoms. The summed E-state index contributed by atoms with van der Waals surface area (Å²) in [5.41, 5.74) is 4.73. The Balaban J connectivity index is 2.32. The molecule has 0 aromatic heterocycles. The Morgan fingerprint density at radius 2 is 2.06 bits per heavy atom. The summed E-state index contributed by atoms with van der Waals surface area (Å²) in [6.07, 6.45) is 6.61. The predicted molar refractivity (Wildman–Crippen MR) is 75.0 cm³/mol. The molecule has 1 heteroatoms. The van der Waals surface area contributed by atoms with E-state index in [-0.39, 0.29) is 0 Å². The Bertz CT molecular complexity index is 349. The second-order valence-corrected chi connectivity index (χ2v) is 6.40. The number of nitrogens with zero attached hydrogens (tertiary/aromatic N) is 1. The monoisotopic (exact) mass is 232 g/mol. The SMILES string of the molecule is C=C1CCC[C@]2(C)CC[C@@H](C([N-]C)=C(C)C)[C@H]12. The summed E-state index contributed by atoms with van der Waals surface area (Å²) < 4.78 is 0. The van der Waals surface area contributed by atoms with Crippen molar-refractivity contribution < 1.29 is 0 Å². The van der Waals surface area contributed by atoms with Gasteiger partial charge < -0.3 is 5.32 Å². The van der Waals surface area contributed by atoms with Gasteiger partial charge in [-0.2, -0.15) is 5.70 Å². The first kappa shape index (κ1) is 12.7. The van der Waals surface area contributed by atoms with Crippen molar-refractivity contribution in [2.45, 2.75) is 52.9 Å². The molecule has 0 radical (unpaired) electrons. The molecule has 0 aliphatic heterocycles. The molecule has 0 spiro atoms. The Labute approximate surface area is 106 Å². The topological polar surface area (TPSA) is 14.1 Å². The molecule has 2 aliphatic rings. The zero-order valence-electron chi connectivity index (χ0n) is 11.8. The van der Waals surface area contributed by atoms with Crippen LogP contribution in [-0.4, -0.2) is 7.05 Å². The van der Waals surface area contributed by atoms with Gasteiger partial charge in [0.1, 0.15) is 0 Å². The van der Waals surface area contributed by atoms with Crippen LogP contribution in [0, 0.1) is 17.3 Å². The highest BCUT2D eigenvalue weighted by atomic mass is 14.9. The fraction of sp³-hybridized carbons (Fsp3) is 0.750. The van der Waals surface area contributed by atoms with Crippen LogP contribution in [0.5, 0.6) is 0 Å². The van der Waals surface area contributed by atoms with Gasteiger partial charge in [-0.3, -0.25) is 0 Å². The van der Waals surface area contributed by atoms with E-state index >= 15 is 0 Å². The average molecular weight is 232 g/mol. The minimum Gasteiger partial charge on any atom is -0.690 e. The first-order chi connectivity index (χ1) is 7.99. The minimum absolute atomic E-state index is 0.505. The zero-order valence-corrected chi connectivity index (χ0v) is 11.8. The molecule has 0 amide bonds. The van der Waals surface area contributed by atoms with Gasteiger partial charge in [-0.1, -0.05) is 24.6 Å². The fourth-order valence-corrected chi connectivity index (χ4v) is 4.28. The lowest BCUT2D eigenvalue weighted by Crippen LogP contribution is -2.31. The molecule has 2 saturated carbocycles. The molecule has 96 valence electrons. The van der Waals surface area contributed by atoms with Crippen LogP contribution in [0.25, 0.3) is 5.32 Å². The molecule has 0 unspecified atom stereocenters. The Kier molecular flexibility index (Phi) is 3.38. The van der Waals surface area contributed by atoms with Gasteiger partial charge in [-0.25, -0.2) is 0 Å². The van der Waals surface area contributed by atoms with E-state index in [0.29, 0.717) is 17.3 Å². The molecule has 0 N–H and O–H groups in total. The third kappa shape index (κ3) is 2.05. The van der Waals surface area contributed by atoms with Crippen LogP contribution in [0.2, 0.25) is 0 Å². The summed E-state index contributed by atoms with van der Waals surface area (Å²) in [5.74, 6) is 1.33. The molecule has 0 aromatic rings. The van der Waals surface area contributed by atoms with Gasteiger partial charge in [0.05, 0.1) is 0 Å². The van der Waals surface area contributed by atoms with E-state index in [1.54, 1.807) is 0 Å². The summed E-state index contributed by atoms with van der Waals surface area (Å²) in [4.78, 5) is 0. The van der Waals surface area contributed by atoms with Crippen LogP contribution in [0.3, 0.4) is 0 Å². The Hall–Kier alpha value is -0.720. The second-order valence-electron chi connectivity index (χ2n) is 6.40. The quantitative estimate of drug-likeness (QED) is 0.591. The van der Waals surface area contributed by atoms with Crippen molar-refractivity contribution in [2.75, 3.05) is 7.05 Å². The van der Waals surface area contributed by atoms with Crippen molar-refractivity contribution in [3.05, 3.63) is 28.7 Å². The van der Waals surface area contributed by atoms with Crippen LogP contribution >= 0.6 is 0 Å². The number of hydrogen-bond acceptors (Lipinski definition) is 0. The van der Waals surface area contributed by atoms with Gasteiger partial charge in [-0.05, 0) is 63.2 Å². The molecular formula is C16H26N-. The first-order valence-corrected chi connectivity index (χ1v) is 6.94. The summed E-state index contributed by atoms with van der Waals surface area (Å²) in [5, 5.41) is 4.56. The summed E-state index contributed by atoms with van der Waals surface area (Å²) in [7, 11) is 1.95. The van der Waals surface area contributed by atoms with Crippen LogP contribution in [0.1, 0.15) is 52.9 Å². The van der Waals surface area contributed by atoms with E-state index in [4.69, 9.17) is 0 Å². The maximum atomic E-state index is 4.56. The molecule has 3 atom stereocenters. The van der Waals surface area contributed by atoms with Gasteiger partial charge in [0.2, 0.25) is 0 Å². The third-order valence-electron chi connectivity index (χ3n) is 4.97. The Morgan fingerprint density at radius 1 is 1.35 bits per heavy atom. The Morgan fingerprint density at radius 3 is 2.65 bits per heavy atom. The maximum Gasteiger partial charge on any atom is -0.0101 e. The average Bonchev–Trinajstić information content (AvgIpc) is 2.58. The van der Waals surface area contributed by atoms with Gasteiger partial charge in [0.25, 0.3) is 0 Å². The highest BCUT2D eigenvalue weighted by Gasteiger charge is 2.47. The molecule has 0 bridgehead atoms. The molecule has 0 aromatic carbocycles. The second kappa shape index (κ2) is 4.51. The van der Waals surface area contributed by atoms with E-state index in [2.05, 4.69) is 32.7 Å². The molecule has 1 nitrogen and oxygen atoms in total. The number of allylic oxidation sites excluding steroid dienone is 3. The van der Waals surface area contributed by atoms with Gasteiger partial charge >= 0.3 is 0 Å². The van der Waals surface area contributed by atoms with Crippen molar-refractivity contribution in [3.63, 3.8) is 0 Å². The van der Waals surface area contributed by atoms with Crippen LogP contribution in [0.4, 0.5) is 0 Å². The lowest BCUT2D eigenvalue weighted by Gasteiger charge is -2.43. The van der Waals surface area contributed by atoms with E-state index < -0.39 is 0 Å². The normalized spacial score (nSPS) is 36.6. The maximum absolute atomic E-state index is 4.56. The smallest absolute Gasteiger partial charge is 0.0101 e. The van der Waals surface area contributed by atoms with Crippen LogP contribution in [0.15, 0.2) is 23.4 Å². The summed E-state index contributed by atoms with van der Waals surface area (Å²) >= 11 is 0. The van der Waals surface area contributed by atoms with Crippen LogP contribution in [-0.2, 0) is 0 Å². The first-order valence-electron chi connectivity index (χ1n) is 6.94. The van der Waals surface area contributed by atoms with Crippen molar-refractivity contribution in [1.29, 1.82) is 0 Å². The van der Waals surface area contributed by atoms with Crippen LogP contribution < -0.4 is 0 Å². The molecule has 2 rings (SSSR count). The lowest BCUT2D eigenvalue weighted by atomic mass is 9.65. The molecule has 0 heterocycles. The van der Waals surface area contributed by atoms with Gasteiger partial charge in [0, 0.05) is 0 Å².